The molecule has 0 saturated heterocycles. The zero-order valence-electron chi connectivity index (χ0n) is 20.7. The van der Waals surface area contributed by atoms with Crippen molar-refractivity contribution < 1.29 is 14.6 Å². The third-order valence-electron chi connectivity index (χ3n) is 6.71. The molecule has 7 heteroatoms. The van der Waals surface area contributed by atoms with Crippen molar-refractivity contribution in [1.29, 1.82) is 0 Å². The number of methoxy groups -OCH3 is 1. The molecular weight excluding hydrogens is 428 g/mol. The quantitative estimate of drug-likeness (QED) is 0.345. The Balaban J connectivity index is 1.73. The summed E-state index contributed by atoms with van der Waals surface area (Å²) in [4.78, 5) is 19.0. The van der Waals surface area contributed by atoms with Gasteiger partial charge in [-0.25, -0.2) is 4.99 Å². The lowest BCUT2D eigenvalue weighted by atomic mass is 9.84. The highest BCUT2D eigenvalue weighted by molar-refractivity contribution is 5.99. The molecule has 0 fully saturated rings. The standard InChI is InChI=1S/C27H38N4O3/c1-19(2)27(3)17-24(32)31(26(28)30-27)18-20-10-8-13-22(16-20)25(33)29-23(14-9-15-34-4)21-11-6-5-7-12-21/h5-8,10-13,16,19,23,25,29,33H,9,14-15,17-18H2,1-4H3,(H2,28,30). The van der Waals surface area contributed by atoms with E-state index in [0.29, 0.717) is 19.6 Å². The fourth-order valence-electron chi connectivity index (χ4n) is 4.19. The van der Waals surface area contributed by atoms with Gasteiger partial charge in [-0.3, -0.25) is 15.0 Å². The molecule has 4 N–H and O–H groups in total. The highest BCUT2D eigenvalue weighted by Gasteiger charge is 2.38. The number of nitrogens with two attached hydrogens (primary N) is 1. The molecule has 3 rings (SSSR count). The zero-order chi connectivity index (χ0) is 24.7. The molecule has 0 spiro atoms. The van der Waals surface area contributed by atoms with Crippen LogP contribution in [0, 0.1) is 5.92 Å². The second-order valence-corrected chi connectivity index (χ2v) is 9.55. The number of carbonyl (C=O) groups is 1. The average Bonchev–Trinajstić information content (AvgIpc) is 2.81. The van der Waals surface area contributed by atoms with Crippen LogP contribution < -0.4 is 11.1 Å². The minimum Gasteiger partial charge on any atom is -0.385 e. The molecule has 1 amide bonds. The van der Waals surface area contributed by atoms with E-state index in [1.54, 1.807) is 7.11 Å². The minimum atomic E-state index is -0.861. The molecule has 0 bridgehead atoms. The maximum atomic E-state index is 12.9. The van der Waals surface area contributed by atoms with Crippen LogP contribution in [0.1, 0.15) is 69.0 Å². The fourth-order valence-corrected chi connectivity index (χ4v) is 4.19. The molecular formula is C27H38N4O3. The SMILES string of the molecule is COCCCC(NC(O)c1cccc(CN2C(=O)CC(C)(C(C)C)N=C2N)c1)c1ccccc1. The number of hydrogen-bond acceptors (Lipinski definition) is 6. The fraction of sp³-hybridized carbons (Fsp3) is 0.481. The lowest BCUT2D eigenvalue weighted by Crippen LogP contribution is -2.51. The number of aliphatic hydroxyl groups is 1. The number of aliphatic imine (C=N–C) groups is 1. The van der Waals surface area contributed by atoms with Gasteiger partial charge in [-0.1, -0.05) is 68.4 Å². The summed E-state index contributed by atoms with van der Waals surface area (Å²) in [5, 5.41) is 14.4. The maximum Gasteiger partial charge on any atom is 0.232 e. The molecule has 1 heterocycles. The number of nitrogens with one attached hydrogen (secondary N) is 1. The number of guanidine groups is 1. The Morgan fingerprint density at radius 1 is 1.18 bits per heavy atom. The smallest absolute Gasteiger partial charge is 0.232 e. The summed E-state index contributed by atoms with van der Waals surface area (Å²) < 4.78 is 5.21. The van der Waals surface area contributed by atoms with Crippen molar-refractivity contribution in [2.24, 2.45) is 16.6 Å². The zero-order valence-corrected chi connectivity index (χ0v) is 20.7. The van der Waals surface area contributed by atoms with E-state index in [1.165, 1.54) is 4.90 Å². The molecule has 3 atom stereocenters. The van der Waals surface area contributed by atoms with Crippen molar-refractivity contribution >= 4 is 11.9 Å². The Hall–Kier alpha value is -2.74. The lowest BCUT2D eigenvalue weighted by Gasteiger charge is -2.37. The third kappa shape index (κ3) is 6.44. The van der Waals surface area contributed by atoms with Gasteiger partial charge in [-0.2, -0.15) is 0 Å². The van der Waals surface area contributed by atoms with E-state index in [2.05, 4.69) is 36.3 Å². The summed E-state index contributed by atoms with van der Waals surface area (Å²) in [5.41, 5.74) is 8.45. The van der Waals surface area contributed by atoms with Gasteiger partial charge in [0.1, 0.15) is 6.23 Å². The first-order chi connectivity index (χ1) is 16.2. The summed E-state index contributed by atoms with van der Waals surface area (Å²) in [5.74, 6) is 0.428. The number of benzene rings is 2. The molecule has 1 aliphatic heterocycles. The number of ether oxygens (including phenoxy) is 1. The highest BCUT2D eigenvalue weighted by atomic mass is 16.5. The maximum absolute atomic E-state index is 12.9. The monoisotopic (exact) mass is 466 g/mol. The summed E-state index contributed by atoms with van der Waals surface area (Å²) in [6, 6.07) is 17.7. The van der Waals surface area contributed by atoms with Crippen LogP contribution in [0.15, 0.2) is 59.6 Å². The van der Waals surface area contributed by atoms with Gasteiger partial charge in [0.05, 0.1) is 18.5 Å². The number of nitrogens with zero attached hydrogens (tertiary/aromatic N) is 2. The third-order valence-corrected chi connectivity index (χ3v) is 6.71. The number of amides is 1. The molecule has 1 aliphatic rings. The number of hydrogen-bond donors (Lipinski definition) is 3. The van der Waals surface area contributed by atoms with Crippen molar-refractivity contribution in [3.63, 3.8) is 0 Å². The Labute approximate surface area is 203 Å². The number of aliphatic hydroxyl groups excluding tert-OH is 1. The summed E-state index contributed by atoms with van der Waals surface area (Å²) in [6.45, 7) is 7.06. The molecule has 0 saturated carbocycles. The molecule has 0 aliphatic carbocycles. The van der Waals surface area contributed by atoms with E-state index < -0.39 is 11.8 Å². The Bertz CT molecular complexity index is 979. The predicted molar refractivity (Wildman–Crippen MR) is 135 cm³/mol. The van der Waals surface area contributed by atoms with Crippen LogP contribution in [-0.4, -0.2) is 41.1 Å². The average molecular weight is 467 g/mol. The Kier molecular flexibility index (Phi) is 8.83. The summed E-state index contributed by atoms with van der Waals surface area (Å²) >= 11 is 0. The first-order valence-electron chi connectivity index (χ1n) is 12.0. The summed E-state index contributed by atoms with van der Waals surface area (Å²) in [6.07, 6.45) is 1.18. The molecule has 184 valence electrons. The van der Waals surface area contributed by atoms with Gasteiger partial charge in [0, 0.05) is 19.8 Å². The van der Waals surface area contributed by atoms with Crippen molar-refractivity contribution in [3.05, 3.63) is 71.3 Å². The van der Waals surface area contributed by atoms with Gasteiger partial charge in [-0.15, -0.1) is 0 Å². The molecule has 2 aromatic rings. The molecule has 3 unspecified atom stereocenters. The van der Waals surface area contributed by atoms with Crippen LogP contribution >= 0.6 is 0 Å². The summed E-state index contributed by atoms with van der Waals surface area (Å²) in [7, 11) is 1.69. The largest absolute Gasteiger partial charge is 0.385 e. The van der Waals surface area contributed by atoms with Crippen molar-refractivity contribution in [2.75, 3.05) is 13.7 Å². The number of carbonyl (C=O) groups excluding carboxylic acids is 1. The van der Waals surface area contributed by atoms with Crippen molar-refractivity contribution in [2.45, 2.75) is 64.4 Å². The minimum absolute atomic E-state index is 0.0184. The molecule has 7 nitrogen and oxygen atoms in total. The van der Waals surface area contributed by atoms with Crippen molar-refractivity contribution in [3.8, 4) is 0 Å². The molecule has 2 aromatic carbocycles. The second kappa shape index (κ2) is 11.6. The molecule has 0 aromatic heterocycles. The highest BCUT2D eigenvalue weighted by Crippen LogP contribution is 2.30. The van der Waals surface area contributed by atoms with Crippen LogP contribution in [0.25, 0.3) is 0 Å². The molecule has 34 heavy (non-hydrogen) atoms. The van der Waals surface area contributed by atoms with Crippen molar-refractivity contribution in [1.82, 2.24) is 10.2 Å². The first-order valence-corrected chi connectivity index (χ1v) is 12.0. The van der Waals surface area contributed by atoms with E-state index in [-0.39, 0.29) is 23.8 Å². The number of rotatable bonds is 11. The van der Waals surface area contributed by atoms with Gasteiger partial charge >= 0.3 is 0 Å². The Morgan fingerprint density at radius 2 is 1.88 bits per heavy atom. The Morgan fingerprint density at radius 3 is 2.53 bits per heavy atom. The van der Waals surface area contributed by atoms with Crippen LogP contribution in [0.2, 0.25) is 0 Å². The van der Waals surface area contributed by atoms with Gasteiger partial charge in [-0.05, 0) is 42.4 Å². The van der Waals surface area contributed by atoms with Gasteiger partial charge in [0.25, 0.3) is 0 Å². The van der Waals surface area contributed by atoms with Gasteiger partial charge in [0.15, 0.2) is 5.96 Å². The van der Waals surface area contributed by atoms with Crippen LogP contribution in [0.4, 0.5) is 0 Å². The van der Waals surface area contributed by atoms with E-state index in [1.807, 2.05) is 49.4 Å². The predicted octanol–water partition coefficient (Wildman–Crippen LogP) is 3.90. The lowest BCUT2D eigenvalue weighted by molar-refractivity contribution is -0.130. The van der Waals surface area contributed by atoms with E-state index >= 15 is 0 Å². The van der Waals surface area contributed by atoms with Crippen LogP contribution in [-0.2, 0) is 16.1 Å². The normalized spacial score (nSPS) is 20.4. The van der Waals surface area contributed by atoms with Crippen LogP contribution in [0.3, 0.4) is 0 Å². The van der Waals surface area contributed by atoms with Gasteiger partial charge in [0.2, 0.25) is 5.91 Å². The first kappa shape index (κ1) is 25.9. The molecule has 0 radical (unpaired) electrons. The van der Waals surface area contributed by atoms with E-state index in [0.717, 1.165) is 29.5 Å². The second-order valence-electron chi connectivity index (χ2n) is 9.55. The van der Waals surface area contributed by atoms with E-state index in [9.17, 15) is 9.90 Å². The topological polar surface area (TPSA) is 100 Å². The van der Waals surface area contributed by atoms with Gasteiger partial charge < -0.3 is 15.6 Å². The van der Waals surface area contributed by atoms with Crippen LogP contribution in [0.5, 0.6) is 0 Å². The van der Waals surface area contributed by atoms with E-state index in [4.69, 9.17) is 10.5 Å².